The zero-order chi connectivity index (χ0) is 23.0. The number of amides is 2. The molecule has 6 heteroatoms. The first-order valence-electron chi connectivity index (χ1n) is 10.9. The van der Waals surface area contributed by atoms with E-state index in [0.29, 0.717) is 37.1 Å². The van der Waals surface area contributed by atoms with Gasteiger partial charge in [-0.2, -0.15) is 0 Å². The predicted molar refractivity (Wildman–Crippen MR) is 124 cm³/mol. The first-order chi connectivity index (χ1) is 13.8. The summed E-state index contributed by atoms with van der Waals surface area (Å²) in [5.41, 5.74) is -0.0579. The molecule has 0 aliphatic heterocycles. The van der Waals surface area contributed by atoms with Gasteiger partial charge in [-0.3, -0.25) is 14.5 Å². The normalized spacial score (nSPS) is 15.9. The molecule has 0 fully saturated rings. The minimum Gasteiger partial charge on any atom is -0.343 e. The fraction of sp³-hybridized carbons (Fsp3) is 0.667. The van der Waals surface area contributed by atoms with Crippen molar-refractivity contribution in [2.45, 2.75) is 46.5 Å². The molecule has 2 N–H and O–H groups in total. The van der Waals surface area contributed by atoms with Gasteiger partial charge in [-0.1, -0.05) is 51.1 Å². The monoisotopic (exact) mass is 419 g/mol. The molecular weight excluding hydrogens is 376 g/mol. The van der Waals surface area contributed by atoms with Gasteiger partial charge < -0.3 is 15.1 Å². The van der Waals surface area contributed by atoms with Gasteiger partial charge in [0.05, 0.1) is 27.8 Å². The second-order valence-corrected chi connectivity index (χ2v) is 10.3. The first-order valence-corrected chi connectivity index (χ1v) is 10.9. The molecular formula is C24H43N4O2+. The van der Waals surface area contributed by atoms with Crippen LogP contribution in [-0.4, -0.2) is 69.8 Å². The van der Waals surface area contributed by atoms with E-state index in [-0.39, 0.29) is 11.8 Å². The topological polar surface area (TPSA) is 61.4 Å². The molecule has 1 aromatic rings. The highest BCUT2D eigenvalue weighted by Gasteiger charge is 2.43. The lowest BCUT2D eigenvalue weighted by Gasteiger charge is -2.38. The van der Waals surface area contributed by atoms with Crippen LogP contribution in [-0.2, 0) is 16.0 Å². The molecule has 0 radical (unpaired) electrons. The summed E-state index contributed by atoms with van der Waals surface area (Å²) in [6, 6.07) is 10.2. The van der Waals surface area contributed by atoms with E-state index in [1.54, 1.807) is 0 Å². The van der Waals surface area contributed by atoms with Crippen LogP contribution in [0.25, 0.3) is 0 Å². The summed E-state index contributed by atoms with van der Waals surface area (Å²) >= 11 is 0. The largest absolute Gasteiger partial charge is 0.343 e. The molecule has 0 spiro atoms. The van der Waals surface area contributed by atoms with Crippen LogP contribution in [0.5, 0.6) is 0 Å². The van der Waals surface area contributed by atoms with Gasteiger partial charge in [0.2, 0.25) is 11.8 Å². The van der Waals surface area contributed by atoms with Crippen LogP contribution in [0.1, 0.15) is 45.6 Å². The Kier molecular flexibility index (Phi) is 9.50. The number of nitrogens with zero attached hydrogens (tertiary/aromatic N) is 2. The maximum Gasteiger partial charge on any atom is 0.230 e. The van der Waals surface area contributed by atoms with Crippen molar-refractivity contribution in [2.24, 2.45) is 10.8 Å². The molecule has 1 aromatic carbocycles. The summed E-state index contributed by atoms with van der Waals surface area (Å²) in [6.45, 7) is 7.05. The molecule has 0 aliphatic rings. The van der Waals surface area contributed by atoms with Crippen LogP contribution in [0.15, 0.2) is 30.3 Å². The lowest BCUT2D eigenvalue weighted by Crippen LogP contribution is -2.52. The smallest absolute Gasteiger partial charge is 0.230 e. The fourth-order valence-electron chi connectivity index (χ4n) is 3.54. The third kappa shape index (κ3) is 8.44. The molecule has 170 valence electrons. The molecule has 0 heterocycles. The van der Waals surface area contributed by atoms with Gasteiger partial charge in [0.1, 0.15) is 0 Å². The van der Waals surface area contributed by atoms with Crippen LogP contribution in [0.3, 0.4) is 0 Å². The minimum absolute atomic E-state index is 0.00575. The standard InChI is InChI=1S/C24H42N4O2/c1-9-23(2,21(29)26-19-28(6,7)8)17-24(3,22(30)25-18-27(4)5)16-15-20-13-11-10-12-14-20/h10-14H,9,15-19H2,1-8H3,(H-,25,26,29,30)/p+1. The Morgan fingerprint density at radius 2 is 1.53 bits per heavy atom. The SMILES string of the molecule is CCC(C)(CC(C)(CCc1ccccc1)C(=O)NCN(C)C)C(=O)NC[N+](C)(C)C. The number of hydrogen-bond acceptors (Lipinski definition) is 3. The Hall–Kier alpha value is -1.92. The Morgan fingerprint density at radius 1 is 0.967 bits per heavy atom. The highest BCUT2D eigenvalue weighted by molar-refractivity contribution is 5.86. The van der Waals surface area contributed by atoms with E-state index in [9.17, 15) is 9.59 Å². The van der Waals surface area contributed by atoms with E-state index < -0.39 is 10.8 Å². The molecule has 0 saturated heterocycles. The second kappa shape index (κ2) is 10.9. The van der Waals surface area contributed by atoms with Crippen molar-refractivity contribution in [3.8, 4) is 0 Å². The number of aryl methyl sites for hydroxylation is 1. The summed E-state index contributed by atoms with van der Waals surface area (Å²) in [4.78, 5) is 28.3. The highest BCUT2D eigenvalue weighted by Crippen LogP contribution is 2.40. The zero-order valence-electron chi connectivity index (χ0n) is 20.3. The average Bonchev–Trinajstić information content (AvgIpc) is 2.68. The lowest BCUT2D eigenvalue weighted by atomic mass is 9.68. The van der Waals surface area contributed by atoms with E-state index in [1.807, 2.05) is 79.1 Å². The van der Waals surface area contributed by atoms with Gasteiger partial charge in [0.15, 0.2) is 6.67 Å². The summed E-state index contributed by atoms with van der Waals surface area (Å²) in [5, 5.41) is 6.15. The van der Waals surface area contributed by atoms with Gasteiger partial charge in [0.25, 0.3) is 0 Å². The van der Waals surface area contributed by atoms with Crippen molar-refractivity contribution in [3.05, 3.63) is 35.9 Å². The van der Waals surface area contributed by atoms with Gasteiger partial charge >= 0.3 is 0 Å². The summed E-state index contributed by atoms with van der Waals surface area (Å²) in [6.07, 6.45) is 2.67. The third-order valence-corrected chi connectivity index (χ3v) is 5.74. The molecule has 2 unspecified atom stereocenters. The highest BCUT2D eigenvalue weighted by atomic mass is 16.2. The number of rotatable bonds is 12. The second-order valence-electron chi connectivity index (χ2n) is 10.3. The number of carbonyl (C=O) groups excluding carboxylic acids is 2. The number of carbonyl (C=O) groups is 2. The molecule has 2 amide bonds. The zero-order valence-corrected chi connectivity index (χ0v) is 20.3. The molecule has 2 atom stereocenters. The summed E-state index contributed by atoms with van der Waals surface area (Å²) < 4.78 is 0.653. The fourth-order valence-corrected chi connectivity index (χ4v) is 3.54. The van der Waals surface area contributed by atoms with Gasteiger partial charge in [0, 0.05) is 10.8 Å². The van der Waals surface area contributed by atoms with Crippen molar-refractivity contribution in [1.82, 2.24) is 15.5 Å². The maximum absolute atomic E-state index is 13.3. The quantitative estimate of drug-likeness (QED) is 0.405. The van der Waals surface area contributed by atoms with Crippen LogP contribution in [0.2, 0.25) is 0 Å². The van der Waals surface area contributed by atoms with Crippen LogP contribution < -0.4 is 10.6 Å². The van der Waals surface area contributed by atoms with E-state index >= 15 is 0 Å². The van der Waals surface area contributed by atoms with Gasteiger partial charge in [-0.15, -0.1) is 0 Å². The van der Waals surface area contributed by atoms with E-state index in [1.165, 1.54) is 5.56 Å². The van der Waals surface area contributed by atoms with Gasteiger partial charge in [-0.05, 0) is 45.3 Å². The first kappa shape index (κ1) is 26.1. The maximum atomic E-state index is 13.3. The van der Waals surface area contributed by atoms with Crippen molar-refractivity contribution >= 4 is 11.8 Å². The Labute approximate surface area is 183 Å². The van der Waals surface area contributed by atoms with E-state index in [0.717, 1.165) is 6.42 Å². The molecule has 0 aromatic heterocycles. The summed E-state index contributed by atoms with van der Waals surface area (Å²) in [5.74, 6) is 0.0237. The summed E-state index contributed by atoms with van der Waals surface area (Å²) in [7, 11) is 9.98. The van der Waals surface area contributed by atoms with Crippen LogP contribution in [0, 0.1) is 10.8 Å². The van der Waals surface area contributed by atoms with Crippen molar-refractivity contribution in [3.63, 3.8) is 0 Å². The third-order valence-electron chi connectivity index (χ3n) is 5.74. The number of hydrogen-bond donors (Lipinski definition) is 2. The number of benzene rings is 1. The Balaban J connectivity index is 3.05. The molecule has 6 nitrogen and oxygen atoms in total. The van der Waals surface area contributed by atoms with Crippen LogP contribution >= 0.6 is 0 Å². The number of quaternary nitrogens is 1. The Bertz CT molecular complexity index is 684. The molecule has 0 aliphatic carbocycles. The van der Waals surface area contributed by atoms with E-state index in [4.69, 9.17) is 0 Å². The van der Waals surface area contributed by atoms with Crippen molar-refractivity contribution < 1.29 is 14.1 Å². The molecule has 0 saturated carbocycles. The Morgan fingerprint density at radius 3 is 2.03 bits per heavy atom. The predicted octanol–water partition coefficient (Wildman–Crippen LogP) is 2.85. The molecule has 30 heavy (non-hydrogen) atoms. The molecule has 0 bridgehead atoms. The lowest BCUT2D eigenvalue weighted by molar-refractivity contribution is -0.872. The van der Waals surface area contributed by atoms with E-state index in [2.05, 4.69) is 22.8 Å². The van der Waals surface area contributed by atoms with Crippen molar-refractivity contribution in [1.29, 1.82) is 0 Å². The molecule has 1 rings (SSSR count). The average molecular weight is 420 g/mol. The van der Waals surface area contributed by atoms with Crippen molar-refractivity contribution in [2.75, 3.05) is 48.6 Å². The van der Waals surface area contributed by atoms with Gasteiger partial charge in [-0.25, -0.2) is 0 Å². The minimum atomic E-state index is -0.648. The van der Waals surface area contributed by atoms with Crippen LogP contribution in [0.4, 0.5) is 0 Å². The number of nitrogens with one attached hydrogen (secondary N) is 2.